The van der Waals surface area contributed by atoms with Crippen molar-refractivity contribution in [2.45, 2.75) is 0 Å². The van der Waals surface area contributed by atoms with Gasteiger partial charge in [0.2, 0.25) is 0 Å². The van der Waals surface area contributed by atoms with Gasteiger partial charge in [0, 0.05) is 0 Å². The number of halogens is 1. The Bertz CT molecular complexity index is 84.5. The van der Waals surface area contributed by atoms with Gasteiger partial charge in [-0.2, -0.15) is 0 Å². The Morgan fingerprint density at radius 1 is 0.800 bits per heavy atom. The van der Waals surface area contributed by atoms with Crippen LogP contribution in [0.25, 0.3) is 0 Å². The first-order chi connectivity index (χ1) is 2.64. The summed E-state index contributed by atoms with van der Waals surface area (Å²) in [4.78, 5) is 18.2. The highest BCUT2D eigenvalue weighted by atomic mass is 35.5. The Kier molecular flexibility index (Phi) is 55.7. The van der Waals surface area contributed by atoms with E-state index in [1.807, 2.05) is 0 Å². The molecule has 0 radical (unpaired) electrons. The second-order valence-electron chi connectivity index (χ2n) is 0.610. The summed E-state index contributed by atoms with van der Waals surface area (Å²) in [6, 6.07) is 0. The summed E-state index contributed by atoms with van der Waals surface area (Å²) in [6.45, 7) is 0. The van der Waals surface area contributed by atoms with Gasteiger partial charge in [-0.25, -0.2) is 9.59 Å². The van der Waals surface area contributed by atoms with Gasteiger partial charge in [-0.1, -0.05) is 0 Å². The van der Waals surface area contributed by atoms with Gasteiger partial charge in [0.15, 0.2) is 0 Å². The first-order valence-electron chi connectivity index (χ1n) is 1.11. The van der Waals surface area contributed by atoms with Crippen molar-refractivity contribution < 1.29 is 19.8 Å². The molecule has 10 heavy (non-hydrogen) atoms. The van der Waals surface area contributed by atoms with Gasteiger partial charge in [-0.3, -0.25) is 0 Å². The number of carboxylic acid groups (broad SMARTS) is 2. The van der Waals surface area contributed by atoms with Gasteiger partial charge in [0.05, 0.1) is 0 Å². The van der Waals surface area contributed by atoms with Crippen LogP contribution in [0.2, 0.25) is 0 Å². The number of rotatable bonds is 0. The van der Waals surface area contributed by atoms with Crippen molar-refractivity contribution in [1.82, 2.24) is 18.5 Å². The third-order valence-electron chi connectivity index (χ3n) is 0.183. The van der Waals surface area contributed by atoms with Crippen molar-refractivity contribution in [3.8, 4) is 0 Å². The van der Waals surface area contributed by atoms with Crippen LogP contribution in [0, 0.1) is 0 Å². The maximum Gasteiger partial charge on any atom is 0.414 e. The SMILES string of the molecule is Cl.N.N.N.O=C(O)C(=O)O. The van der Waals surface area contributed by atoms with Crippen LogP contribution in [0.4, 0.5) is 0 Å². The Hall–Kier alpha value is -0.890. The summed E-state index contributed by atoms with van der Waals surface area (Å²) in [5, 5.41) is 14.8. The molecule has 0 aliphatic rings. The molecule has 11 N–H and O–H groups in total. The molecule has 0 saturated heterocycles. The molecule has 0 rings (SSSR count). The van der Waals surface area contributed by atoms with E-state index in [1.165, 1.54) is 0 Å². The first-order valence-corrected chi connectivity index (χ1v) is 1.11. The molecule has 0 aromatic heterocycles. The highest BCUT2D eigenvalue weighted by molar-refractivity contribution is 6.27. The zero-order chi connectivity index (χ0) is 5.15. The molecule has 0 atom stereocenters. The lowest BCUT2D eigenvalue weighted by Gasteiger charge is -1.72. The van der Waals surface area contributed by atoms with Crippen molar-refractivity contribution >= 4 is 24.3 Å². The standard InChI is InChI=1S/C2H2O4.ClH.3H3N/c3-1(4)2(5)6;;;;/h(H,3,4)(H,5,6);1H;3*1H3. The van der Waals surface area contributed by atoms with Crippen LogP contribution in [0.1, 0.15) is 0 Å². The van der Waals surface area contributed by atoms with Crippen LogP contribution < -0.4 is 18.5 Å². The van der Waals surface area contributed by atoms with E-state index in [9.17, 15) is 0 Å². The zero-order valence-corrected chi connectivity index (χ0v) is 6.06. The van der Waals surface area contributed by atoms with E-state index in [1.54, 1.807) is 0 Å². The minimum absolute atomic E-state index is 0. The van der Waals surface area contributed by atoms with Crippen LogP contribution in [-0.4, -0.2) is 22.2 Å². The topological polar surface area (TPSA) is 180 Å². The molecular weight excluding hydrogens is 165 g/mol. The quantitative estimate of drug-likeness (QED) is 0.324. The number of carbonyl (C=O) groups is 2. The monoisotopic (exact) mass is 177 g/mol. The lowest BCUT2D eigenvalue weighted by molar-refractivity contribution is -0.159. The van der Waals surface area contributed by atoms with Crippen LogP contribution in [0.3, 0.4) is 0 Å². The van der Waals surface area contributed by atoms with E-state index in [0.29, 0.717) is 0 Å². The average Bonchev–Trinajstić information content (AvgIpc) is 1.36. The van der Waals surface area contributed by atoms with E-state index in [4.69, 9.17) is 19.8 Å². The van der Waals surface area contributed by atoms with E-state index in [2.05, 4.69) is 0 Å². The fraction of sp³-hybridized carbons (Fsp3) is 0. The van der Waals surface area contributed by atoms with Gasteiger partial charge >= 0.3 is 11.9 Å². The largest absolute Gasteiger partial charge is 0.473 e. The normalized spacial score (nSPS) is 4.40. The van der Waals surface area contributed by atoms with E-state index < -0.39 is 11.9 Å². The van der Waals surface area contributed by atoms with E-state index >= 15 is 0 Å². The maximum atomic E-state index is 9.10. The van der Waals surface area contributed by atoms with Crippen LogP contribution in [0.5, 0.6) is 0 Å². The maximum absolute atomic E-state index is 9.10. The molecule has 0 unspecified atom stereocenters. The summed E-state index contributed by atoms with van der Waals surface area (Å²) in [5.74, 6) is -3.65. The summed E-state index contributed by atoms with van der Waals surface area (Å²) in [5.41, 5.74) is 0. The number of aliphatic carboxylic acids is 2. The predicted molar refractivity (Wildman–Crippen MR) is 37.6 cm³/mol. The van der Waals surface area contributed by atoms with Crippen LogP contribution >= 0.6 is 12.4 Å². The molecule has 0 aromatic carbocycles. The second kappa shape index (κ2) is 15.7. The molecular formula is C2H12ClN3O4. The number of carboxylic acids is 2. The molecule has 0 bridgehead atoms. The van der Waals surface area contributed by atoms with Gasteiger partial charge < -0.3 is 28.7 Å². The summed E-state index contributed by atoms with van der Waals surface area (Å²) in [6.07, 6.45) is 0. The molecule has 7 nitrogen and oxygen atoms in total. The van der Waals surface area contributed by atoms with Crippen molar-refractivity contribution in [3.05, 3.63) is 0 Å². The Balaban J connectivity index is -0.0000000208. The third-order valence-corrected chi connectivity index (χ3v) is 0.183. The minimum atomic E-state index is -1.82. The number of hydrogen-bond acceptors (Lipinski definition) is 5. The molecule has 0 aliphatic heterocycles. The molecule has 0 spiro atoms. The molecule has 0 aliphatic carbocycles. The fourth-order valence-corrected chi connectivity index (χ4v) is 0. The van der Waals surface area contributed by atoms with Crippen molar-refractivity contribution in [3.63, 3.8) is 0 Å². The smallest absolute Gasteiger partial charge is 0.414 e. The molecule has 0 amide bonds. The fourth-order valence-electron chi connectivity index (χ4n) is 0. The Morgan fingerprint density at radius 2 is 0.900 bits per heavy atom. The molecule has 0 saturated carbocycles. The van der Waals surface area contributed by atoms with Crippen molar-refractivity contribution in [2.75, 3.05) is 0 Å². The van der Waals surface area contributed by atoms with E-state index in [-0.39, 0.29) is 30.9 Å². The van der Waals surface area contributed by atoms with Gasteiger partial charge in [-0.15, -0.1) is 12.4 Å². The van der Waals surface area contributed by atoms with Crippen molar-refractivity contribution in [2.24, 2.45) is 0 Å². The molecule has 0 aromatic rings. The highest BCUT2D eigenvalue weighted by Gasteiger charge is 2.04. The second-order valence-corrected chi connectivity index (χ2v) is 0.610. The Labute approximate surface area is 63.6 Å². The Morgan fingerprint density at radius 3 is 0.900 bits per heavy atom. The van der Waals surface area contributed by atoms with Gasteiger partial charge in [-0.05, 0) is 0 Å². The molecule has 0 fully saturated rings. The predicted octanol–water partition coefficient (Wildman–Crippen LogP) is 0.0634. The summed E-state index contributed by atoms with van der Waals surface area (Å²) < 4.78 is 0. The number of hydrogen-bond donors (Lipinski definition) is 5. The average molecular weight is 178 g/mol. The van der Waals surface area contributed by atoms with Crippen molar-refractivity contribution in [1.29, 1.82) is 0 Å². The zero-order valence-electron chi connectivity index (χ0n) is 5.24. The summed E-state index contributed by atoms with van der Waals surface area (Å²) in [7, 11) is 0. The van der Waals surface area contributed by atoms with E-state index in [0.717, 1.165) is 0 Å². The third kappa shape index (κ3) is 27.4. The minimum Gasteiger partial charge on any atom is -0.473 e. The lowest BCUT2D eigenvalue weighted by Crippen LogP contribution is -2.09. The van der Waals surface area contributed by atoms with Crippen LogP contribution in [0.15, 0.2) is 0 Å². The summed E-state index contributed by atoms with van der Waals surface area (Å²) >= 11 is 0. The van der Waals surface area contributed by atoms with Crippen LogP contribution in [-0.2, 0) is 9.59 Å². The first kappa shape index (κ1) is 35.5. The highest BCUT2D eigenvalue weighted by Crippen LogP contribution is 1.56. The lowest BCUT2D eigenvalue weighted by atomic mass is 10.7. The molecule has 0 heterocycles. The molecule has 8 heteroatoms. The van der Waals surface area contributed by atoms with Gasteiger partial charge in [0.1, 0.15) is 0 Å². The van der Waals surface area contributed by atoms with Gasteiger partial charge in [0.25, 0.3) is 0 Å². The molecule has 66 valence electrons.